The number of aromatic nitrogens is 6. The van der Waals surface area contributed by atoms with Crippen molar-refractivity contribution in [1.29, 1.82) is 0 Å². The van der Waals surface area contributed by atoms with Gasteiger partial charge >= 0.3 is 24.0 Å². The molecule has 0 spiro atoms. The van der Waals surface area contributed by atoms with Gasteiger partial charge in [-0.2, -0.15) is 36.8 Å². The Balaban J connectivity index is 1.66. The molecule has 0 aliphatic rings. The highest BCUT2D eigenvalue weighted by atomic mass is 32.2. The van der Waals surface area contributed by atoms with Crippen LogP contribution in [0.4, 0.5) is 23.3 Å². The zero-order chi connectivity index (χ0) is 37.7. The van der Waals surface area contributed by atoms with Crippen molar-refractivity contribution in [3.8, 4) is 24.0 Å². The maximum Gasteiger partial charge on any atom is 0.324 e. The molecule has 0 fully saturated rings. The molecule has 0 amide bonds. The van der Waals surface area contributed by atoms with Gasteiger partial charge in [-0.3, -0.25) is 9.11 Å². The predicted octanol–water partition coefficient (Wildman–Crippen LogP) is 4.47. The predicted molar refractivity (Wildman–Crippen MR) is 190 cm³/mol. The molecule has 2 heterocycles. The molecule has 0 aliphatic heterocycles. The van der Waals surface area contributed by atoms with Crippen LogP contribution in [0.5, 0.6) is 24.0 Å². The molecule has 18 nitrogen and oxygen atoms in total. The van der Waals surface area contributed by atoms with E-state index in [2.05, 4.69) is 66.9 Å². The summed E-state index contributed by atoms with van der Waals surface area (Å²) in [6.45, 7) is 14.6. The minimum Gasteiger partial charge on any atom is -0.459 e. The molecule has 52 heavy (non-hydrogen) atoms. The Bertz CT molecular complexity index is 2000. The van der Waals surface area contributed by atoms with Crippen molar-refractivity contribution in [2.24, 2.45) is 0 Å². The highest BCUT2D eigenvalue weighted by Crippen LogP contribution is 2.28. The van der Waals surface area contributed by atoms with E-state index in [9.17, 15) is 25.9 Å². The minimum atomic E-state index is -4.84. The van der Waals surface area contributed by atoms with E-state index in [1.165, 1.54) is 60.7 Å². The Morgan fingerprint density at radius 1 is 0.538 bits per heavy atom. The molecular weight excluding hydrogens is 721 g/mol. The number of nitrogens with one attached hydrogen (secondary N) is 2. The lowest BCUT2D eigenvalue weighted by molar-refractivity contribution is 0.298. The maximum atomic E-state index is 12.4. The van der Waals surface area contributed by atoms with Crippen LogP contribution in [0.25, 0.3) is 12.2 Å². The summed E-state index contributed by atoms with van der Waals surface area (Å²) in [7, 11) is -9.67. The third kappa shape index (κ3) is 11.1. The molecule has 0 saturated carbocycles. The zero-order valence-electron chi connectivity index (χ0n) is 27.2. The Labute approximate surface area is 298 Å². The first-order chi connectivity index (χ1) is 24.8. The summed E-state index contributed by atoms with van der Waals surface area (Å²) in [6.07, 6.45) is 8.35. The zero-order valence-corrected chi connectivity index (χ0v) is 28.9. The fourth-order valence-corrected chi connectivity index (χ4v) is 5.38. The molecule has 0 bridgehead atoms. The lowest BCUT2D eigenvalue weighted by atomic mass is 10.1. The van der Waals surface area contributed by atoms with E-state index < -0.39 is 30.0 Å². The van der Waals surface area contributed by atoms with E-state index in [4.69, 9.17) is 18.9 Å². The van der Waals surface area contributed by atoms with Gasteiger partial charge in [-0.05, 0) is 35.4 Å². The summed E-state index contributed by atoms with van der Waals surface area (Å²) >= 11 is 0. The number of hydrogen-bond donors (Lipinski definition) is 4. The van der Waals surface area contributed by atoms with Crippen LogP contribution in [0, 0.1) is 0 Å². The SMILES string of the molecule is C=CCOc1nc(Nc2ccc(/C=C/c3ccc(Nc4nc(OCC=C)nc(OCC=C)n4)cc3S(=O)(=O)O)c(S(=O)(=O)O)c2)nc(OCC=C)n1. The van der Waals surface area contributed by atoms with Gasteiger partial charge in [0.15, 0.2) is 0 Å². The van der Waals surface area contributed by atoms with Gasteiger partial charge in [0.1, 0.15) is 36.2 Å². The van der Waals surface area contributed by atoms with Crippen LogP contribution in [-0.2, 0) is 20.2 Å². The van der Waals surface area contributed by atoms with E-state index in [0.717, 1.165) is 12.1 Å². The fourth-order valence-electron chi connectivity index (χ4n) is 3.96. The molecule has 4 N–H and O–H groups in total. The van der Waals surface area contributed by atoms with Crippen molar-refractivity contribution in [3.63, 3.8) is 0 Å². The third-order valence-corrected chi connectivity index (χ3v) is 7.87. The number of benzene rings is 2. The van der Waals surface area contributed by atoms with Crippen LogP contribution < -0.4 is 29.6 Å². The van der Waals surface area contributed by atoms with Gasteiger partial charge in [0.25, 0.3) is 20.2 Å². The molecule has 272 valence electrons. The molecule has 0 aliphatic carbocycles. The molecule has 0 unspecified atom stereocenters. The van der Waals surface area contributed by atoms with Crippen molar-refractivity contribution in [1.82, 2.24) is 29.9 Å². The summed E-state index contributed by atoms with van der Waals surface area (Å²) < 4.78 is 91.3. The molecule has 0 radical (unpaired) electrons. The Morgan fingerprint density at radius 2 is 0.846 bits per heavy atom. The monoisotopic (exact) mass is 752 g/mol. The largest absolute Gasteiger partial charge is 0.459 e. The van der Waals surface area contributed by atoms with Crippen molar-refractivity contribution < 1.29 is 44.9 Å². The van der Waals surface area contributed by atoms with Gasteiger partial charge in [-0.25, -0.2) is 0 Å². The summed E-state index contributed by atoms with van der Waals surface area (Å²) in [6, 6.07) is 7.29. The topological polar surface area (TPSA) is 247 Å². The van der Waals surface area contributed by atoms with E-state index >= 15 is 0 Å². The maximum absolute atomic E-state index is 12.4. The average Bonchev–Trinajstić information content (AvgIpc) is 3.10. The second kappa shape index (κ2) is 17.6. The highest BCUT2D eigenvalue weighted by Gasteiger charge is 2.19. The van der Waals surface area contributed by atoms with Crippen LogP contribution in [0.1, 0.15) is 11.1 Å². The quantitative estimate of drug-likeness (QED) is 0.0552. The van der Waals surface area contributed by atoms with Crippen LogP contribution in [0.3, 0.4) is 0 Å². The normalized spacial score (nSPS) is 11.3. The first-order valence-electron chi connectivity index (χ1n) is 14.7. The van der Waals surface area contributed by atoms with Gasteiger partial charge < -0.3 is 29.6 Å². The standard InChI is InChI=1S/C32H32N8O10S2/c1-5-15-47-29-35-27(36-30(39-29)48-16-6-2)33-23-13-11-21(25(19-23)51(41,42)43)9-10-22-12-14-24(20-26(22)52(44,45)46)34-28-37-31(49-17-7-3)40-32(38-28)50-18-8-4/h5-14,19-20H,1-4,15-18H2,(H,41,42,43)(H,44,45,46)(H,33,35,36,39)(H,34,37,38,40)/b10-9+. The highest BCUT2D eigenvalue weighted by molar-refractivity contribution is 7.86. The molecule has 2 aromatic heterocycles. The van der Waals surface area contributed by atoms with E-state index in [1.54, 1.807) is 0 Å². The minimum absolute atomic E-state index is 0.0403. The van der Waals surface area contributed by atoms with Gasteiger partial charge in [-0.15, -0.1) is 9.97 Å². The number of rotatable bonds is 20. The molecule has 4 rings (SSSR count). The van der Waals surface area contributed by atoms with Crippen molar-refractivity contribution in [2.45, 2.75) is 9.79 Å². The van der Waals surface area contributed by atoms with Crippen molar-refractivity contribution in [2.75, 3.05) is 37.1 Å². The Morgan fingerprint density at radius 3 is 1.12 bits per heavy atom. The van der Waals surface area contributed by atoms with Crippen molar-refractivity contribution >= 4 is 55.7 Å². The molecule has 0 saturated heterocycles. The van der Waals surface area contributed by atoms with Gasteiger partial charge in [-0.1, -0.05) is 74.9 Å². The summed E-state index contributed by atoms with van der Waals surface area (Å²) in [5, 5.41) is 5.60. The van der Waals surface area contributed by atoms with Gasteiger partial charge in [0.2, 0.25) is 11.9 Å². The first-order valence-corrected chi connectivity index (χ1v) is 17.6. The lowest BCUT2D eigenvalue weighted by Crippen LogP contribution is -2.08. The molecule has 4 aromatic rings. The number of nitrogens with zero attached hydrogens (tertiary/aromatic N) is 6. The lowest BCUT2D eigenvalue weighted by Gasteiger charge is -2.12. The van der Waals surface area contributed by atoms with Crippen LogP contribution in [-0.4, -0.2) is 82.3 Å². The van der Waals surface area contributed by atoms with Crippen LogP contribution in [0.2, 0.25) is 0 Å². The number of anilines is 4. The third-order valence-electron chi connectivity index (χ3n) is 6.05. The van der Waals surface area contributed by atoms with E-state index in [-0.39, 0.29) is 84.9 Å². The van der Waals surface area contributed by atoms with Crippen LogP contribution >= 0.6 is 0 Å². The van der Waals surface area contributed by atoms with Gasteiger partial charge in [0, 0.05) is 11.4 Å². The second-order valence-corrected chi connectivity index (χ2v) is 12.7. The Hall–Kier alpha value is -6.22. The summed E-state index contributed by atoms with van der Waals surface area (Å²) in [4.78, 5) is 23.4. The first kappa shape index (κ1) is 38.6. The fraction of sp³-hybridized carbons (Fsp3) is 0.125. The summed E-state index contributed by atoms with van der Waals surface area (Å²) in [5.41, 5.74) is 0.176. The van der Waals surface area contributed by atoms with E-state index in [0.29, 0.717) is 0 Å². The molecule has 20 heteroatoms. The second-order valence-electron chi connectivity index (χ2n) is 9.89. The Kier molecular flexibility index (Phi) is 13.1. The summed E-state index contributed by atoms with van der Waals surface area (Å²) in [5.74, 6) is -0.162. The van der Waals surface area contributed by atoms with Gasteiger partial charge in [0.05, 0.1) is 0 Å². The average molecular weight is 753 g/mol. The molecular formula is C32H32N8O10S2. The smallest absolute Gasteiger partial charge is 0.324 e. The number of ether oxygens (including phenoxy) is 4. The molecule has 2 aromatic carbocycles. The van der Waals surface area contributed by atoms with Crippen molar-refractivity contribution in [3.05, 3.63) is 98.1 Å². The van der Waals surface area contributed by atoms with E-state index in [1.807, 2.05) is 0 Å². The van der Waals surface area contributed by atoms with Crippen LogP contribution in [0.15, 0.2) is 96.8 Å². The number of hydrogen-bond acceptors (Lipinski definition) is 16. The molecule has 0 atom stereocenters.